The SMILES string of the molecule is O=C(NC(CO)(CO)CO)c1ccc(F)cc1F. The lowest BCUT2D eigenvalue weighted by atomic mass is 10.0. The summed E-state index contributed by atoms with van der Waals surface area (Å²) in [6, 6.07) is 2.36. The van der Waals surface area contributed by atoms with Crippen molar-refractivity contribution in [3.63, 3.8) is 0 Å². The van der Waals surface area contributed by atoms with Crippen LogP contribution >= 0.6 is 0 Å². The Morgan fingerprint density at radius 3 is 2.17 bits per heavy atom. The number of nitrogens with one attached hydrogen (secondary N) is 1. The van der Waals surface area contributed by atoms with Crippen LogP contribution in [0.5, 0.6) is 0 Å². The molecule has 5 nitrogen and oxygen atoms in total. The summed E-state index contributed by atoms with van der Waals surface area (Å²) >= 11 is 0. The third-order valence-electron chi connectivity index (χ3n) is 2.46. The Labute approximate surface area is 102 Å². The summed E-state index contributed by atoms with van der Waals surface area (Å²) in [4.78, 5) is 11.7. The predicted octanol–water partition coefficient (Wildman–Crippen LogP) is -0.590. The van der Waals surface area contributed by atoms with E-state index in [2.05, 4.69) is 5.32 Å². The maximum atomic E-state index is 13.3. The molecule has 0 aliphatic carbocycles. The van der Waals surface area contributed by atoms with E-state index >= 15 is 0 Å². The smallest absolute Gasteiger partial charge is 0.254 e. The third kappa shape index (κ3) is 3.00. The van der Waals surface area contributed by atoms with Gasteiger partial charge in [-0.15, -0.1) is 0 Å². The van der Waals surface area contributed by atoms with E-state index in [9.17, 15) is 13.6 Å². The van der Waals surface area contributed by atoms with Crippen LogP contribution in [0, 0.1) is 11.6 Å². The van der Waals surface area contributed by atoms with Gasteiger partial charge in [0.15, 0.2) is 0 Å². The molecular formula is C11H13F2NO4. The first kappa shape index (κ1) is 14.5. The molecule has 0 heterocycles. The number of carbonyl (C=O) groups excluding carboxylic acids is 1. The number of hydrogen-bond acceptors (Lipinski definition) is 4. The van der Waals surface area contributed by atoms with Gasteiger partial charge in [0, 0.05) is 6.07 Å². The van der Waals surface area contributed by atoms with Crippen molar-refractivity contribution in [1.29, 1.82) is 0 Å². The van der Waals surface area contributed by atoms with Crippen molar-refractivity contribution < 1.29 is 28.9 Å². The van der Waals surface area contributed by atoms with Crippen molar-refractivity contribution in [2.75, 3.05) is 19.8 Å². The second-order valence-corrected chi connectivity index (χ2v) is 3.83. The predicted molar refractivity (Wildman–Crippen MR) is 57.8 cm³/mol. The number of rotatable bonds is 5. The molecule has 0 spiro atoms. The molecule has 0 aliphatic rings. The molecule has 0 radical (unpaired) electrons. The normalized spacial score (nSPS) is 11.4. The summed E-state index contributed by atoms with van der Waals surface area (Å²) in [6.07, 6.45) is 0. The molecule has 0 unspecified atom stereocenters. The summed E-state index contributed by atoms with van der Waals surface area (Å²) in [5, 5.41) is 29.1. The fourth-order valence-corrected chi connectivity index (χ4v) is 1.25. The highest BCUT2D eigenvalue weighted by molar-refractivity contribution is 5.95. The monoisotopic (exact) mass is 261 g/mol. The minimum Gasteiger partial charge on any atom is -0.394 e. The van der Waals surface area contributed by atoms with E-state index in [-0.39, 0.29) is 0 Å². The molecule has 0 saturated carbocycles. The summed E-state index contributed by atoms with van der Waals surface area (Å²) in [6.45, 7) is -2.18. The van der Waals surface area contributed by atoms with Crippen molar-refractivity contribution in [2.24, 2.45) is 0 Å². The van der Waals surface area contributed by atoms with Crippen LogP contribution in [-0.2, 0) is 0 Å². The average Bonchev–Trinajstić information content (AvgIpc) is 2.36. The van der Waals surface area contributed by atoms with Crippen LogP contribution in [0.2, 0.25) is 0 Å². The van der Waals surface area contributed by atoms with Gasteiger partial charge in [-0.2, -0.15) is 0 Å². The first-order valence-corrected chi connectivity index (χ1v) is 5.08. The molecule has 0 aliphatic heterocycles. The number of aliphatic hydroxyl groups excluding tert-OH is 3. The quantitative estimate of drug-likeness (QED) is 0.570. The molecule has 0 fully saturated rings. The summed E-state index contributed by atoms with van der Waals surface area (Å²) in [5.41, 5.74) is -2.10. The second-order valence-electron chi connectivity index (χ2n) is 3.83. The minimum atomic E-state index is -1.65. The zero-order chi connectivity index (χ0) is 13.8. The van der Waals surface area contributed by atoms with Crippen LogP contribution in [0.15, 0.2) is 18.2 Å². The van der Waals surface area contributed by atoms with Gasteiger partial charge in [0.05, 0.1) is 25.4 Å². The standard InChI is InChI=1S/C11H13F2NO4/c12-7-1-2-8(9(13)3-7)10(18)14-11(4-15,5-16)6-17/h1-3,15-17H,4-6H2,(H,14,18). The van der Waals surface area contributed by atoms with E-state index in [0.717, 1.165) is 12.1 Å². The highest BCUT2D eigenvalue weighted by Crippen LogP contribution is 2.11. The summed E-state index contributed by atoms with van der Waals surface area (Å²) in [5.74, 6) is -2.87. The molecule has 1 aromatic rings. The van der Waals surface area contributed by atoms with Gasteiger partial charge < -0.3 is 20.6 Å². The van der Waals surface area contributed by atoms with Crippen molar-refractivity contribution in [3.8, 4) is 0 Å². The molecule has 1 amide bonds. The topological polar surface area (TPSA) is 89.8 Å². The maximum absolute atomic E-state index is 13.3. The van der Waals surface area contributed by atoms with Gasteiger partial charge in [0.2, 0.25) is 0 Å². The van der Waals surface area contributed by atoms with Gasteiger partial charge in [-0.3, -0.25) is 4.79 Å². The lowest BCUT2D eigenvalue weighted by Crippen LogP contribution is -2.57. The van der Waals surface area contributed by atoms with Gasteiger partial charge in [0.1, 0.15) is 17.2 Å². The fraction of sp³-hybridized carbons (Fsp3) is 0.364. The Hall–Kier alpha value is -1.57. The zero-order valence-electron chi connectivity index (χ0n) is 9.36. The molecule has 0 aromatic heterocycles. The van der Waals surface area contributed by atoms with Crippen molar-refractivity contribution in [2.45, 2.75) is 5.54 Å². The summed E-state index contributed by atoms with van der Waals surface area (Å²) in [7, 11) is 0. The van der Waals surface area contributed by atoms with Crippen LogP contribution in [0.1, 0.15) is 10.4 Å². The van der Waals surface area contributed by atoms with Gasteiger partial charge >= 0.3 is 0 Å². The number of aliphatic hydroxyl groups is 3. The van der Waals surface area contributed by atoms with Crippen LogP contribution in [0.3, 0.4) is 0 Å². The Morgan fingerprint density at radius 2 is 1.72 bits per heavy atom. The molecular weight excluding hydrogens is 248 g/mol. The van der Waals surface area contributed by atoms with Crippen LogP contribution in [-0.4, -0.2) is 46.6 Å². The minimum absolute atomic E-state index is 0.448. The Morgan fingerprint density at radius 1 is 1.17 bits per heavy atom. The highest BCUT2D eigenvalue weighted by atomic mass is 19.1. The molecule has 4 N–H and O–H groups in total. The lowest BCUT2D eigenvalue weighted by molar-refractivity contribution is 0.0373. The molecule has 1 aromatic carbocycles. The fourth-order valence-electron chi connectivity index (χ4n) is 1.25. The molecule has 0 bridgehead atoms. The highest BCUT2D eigenvalue weighted by Gasteiger charge is 2.31. The van der Waals surface area contributed by atoms with Crippen molar-refractivity contribution in [3.05, 3.63) is 35.4 Å². The molecule has 0 atom stereocenters. The van der Waals surface area contributed by atoms with E-state index in [1.54, 1.807) is 0 Å². The van der Waals surface area contributed by atoms with E-state index < -0.39 is 48.5 Å². The first-order chi connectivity index (χ1) is 8.48. The molecule has 7 heteroatoms. The Balaban J connectivity index is 2.94. The molecule has 100 valence electrons. The molecule has 1 rings (SSSR count). The van der Waals surface area contributed by atoms with Crippen LogP contribution in [0.4, 0.5) is 8.78 Å². The van der Waals surface area contributed by atoms with Gasteiger partial charge in [-0.05, 0) is 12.1 Å². The largest absolute Gasteiger partial charge is 0.394 e. The number of carbonyl (C=O) groups is 1. The van der Waals surface area contributed by atoms with Gasteiger partial charge in [0.25, 0.3) is 5.91 Å². The van der Waals surface area contributed by atoms with E-state index in [1.165, 1.54) is 0 Å². The van der Waals surface area contributed by atoms with Crippen molar-refractivity contribution in [1.82, 2.24) is 5.32 Å². The van der Waals surface area contributed by atoms with E-state index in [4.69, 9.17) is 15.3 Å². The Kier molecular flexibility index (Phi) is 4.71. The number of amides is 1. The van der Waals surface area contributed by atoms with Crippen molar-refractivity contribution >= 4 is 5.91 Å². The van der Waals surface area contributed by atoms with Gasteiger partial charge in [-0.25, -0.2) is 8.78 Å². The molecule has 0 saturated heterocycles. The summed E-state index contributed by atoms with van der Waals surface area (Å²) < 4.78 is 26.0. The first-order valence-electron chi connectivity index (χ1n) is 5.08. The lowest BCUT2D eigenvalue weighted by Gasteiger charge is -2.28. The maximum Gasteiger partial charge on any atom is 0.254 e. The van der Waals surface area contributed by atoms with Gasteiger partial charge in [-0.1, -0.05) is 0 Å². The van der Waals surface area contributed by atoms with Crippen LogP contribution < -0.4 is 5.32 Å². The van der Waals surface area contributed by atoms with E-state index in [1.807, 2.05) is 0 Å². The number of halogens is 2. The number of benzene rings is 1. The zero-order valence-corrected chi connectivity index (χ0v) is 9.36. The van der Waals surface area contributed by atoms with E-state index in [0.29, 0.717) is 6.07 Å². The third-order valence-corrected chi connectivity index (χ3v) is 2.46. The average molecular weight is 261 g/mol. The molecule has 18 heavy (non-hydrogen) atoms. The number of hydrogen-bond donors (Lipinski definition) is 4. The Bertz CT molecular complexity index is 427. The van der Waals surface area contributed by atoms with Crippen LogP contribution in [0.25, 0.3) is 0 Å². The second kappa shape index (κ2) is 5.85.